The van der Waals surface area contributed by atoms with Crippen LogP contribution in [0.2, 0.25) is 5.02 Å². The molecular weight excluding hydrogens is 316 g/mol. The molecule has 1 atom stereocenters. The third kappa shape index (κ3) is 4.18. The summed E-state index contributed by atoms with van der Waals surface area (Å²) in [6, 6.07) is 13.1. The predicted octanol–water partition coefficient (Wildman–Crippen LogP) is 4.74. The monoisotopic (exact) mass is 334 g/mol. The molecular formula is C17H19ClN2OS. The van der Waals surface area contributed by atoms with E-state index in [0.29, 0.717) is 10.7 Å². The van der Waals surface area contributed by atoms with Crippen molar-refractivity contribution in [3.8, 4) is 0 Å². The van der Waals surface area contributed by atoms with E-state index < -0.39 is 0 Å². The summed E-state index contributed by atoms with van der Waals surface area (Å²) >= 11 is 7.60. The largest absolute Gasteiger partial charge is 0.399 e. The minimum Gasteiger partial charge on any atom is -0.399 e. The number of amides is 1. The quantitative estimate of drug-likeness (QED) is 0.613. The Balaban J connectivity index is 2.10. The molecule has 0 aliphatic heterocycles. The van der Waals surface area contributed by atoms with Crippen molar-refractivity contribution in [3.05, 3.63) is 53.1 Å². The molecule has 3 nitrogen and oxygen atoms in total. The number of benzene rings is 2. The van der Waals surface area contributed by atoms with Crippen LogP contribution in [0, 0.1) is 6.92 Å². The first kappa shape index (κ1) is 16.7. The van der Waals surface area contributed by atoms with E-state index in [4.69, 9.17) is 17.3 Å². The molecule has 2 aromatic carbocycles. The lowest BCUT2D eigenvalue weighted by Crippen LogP contribution is -2.25. The SMILES string of the molecule is CCC(Sc1cccc(N)c1)C(=O)Nc1cccc(Cl)c1C. The predicted molar refractivity (Wildman–Crippen MR) is 95.6 cm³/mol. The summed E-state index contributed by atoms with van der Waals surface area (Å²) in [5.41, 5.74) is 8.11. The molecule has 0 heterocycles. The van der Waals surface area contributed by atoms with Crippen LogP contribution in [0.3, 0.4) is 0 Å². The van der Waals surface area contributed by atoms with Crippen LogP contribution in [-0.4, -0.2) is 11.2 Å². The molecule has 0 spiro atoms. The van der Waals surface area contributed by atoms with Gasteiger partial charge in [-0.25, -0.2) is 0 Å². The Morgan fingerprint density at radius 3 is 2.73 bits per heavy atom. The van der Waals surface area contributed by atoms with Crippen LogP contribution in [0.4, 0.5) is 11.4 Å². The first-order chi connectivity index (χ1) is 10.5. The summed E-state index contributed by atoms with van der Waals surface area (Å²) < 4.78 is 0. The van der Waals surface area contributed by atoms with Gasteiger partial charge in [-0.05, 0) is 49.2 Å². The lowest BCUT2D eigenvalue weighted by atomic mass is 10.2. The molecule has 2 rings (SSSR count). The molecule has 1 unspecified atom stereocenters. The summed E-state index contributed by atoms with van der Waals surface area (Å²) in [5, 5.41) is 3.43. The third-order valence-corrected chi connectivity index (χ3v) is 5.09. The van der Waals surface area contributed by atoms with Gasteiger partial charge in [0.05, 0.1) is 5.25 Å². The highest BCUT2D eigenvalue weighted by Crippen LogP contribution is 2.29. The van der Waals surface area contributed by atoms with E-state index in [1.54, 1.807) is 0 Å². The van der Waals surface area contributed by atoms with Gasteiger partial charge in [-0.3, -0.25) is 4.79 Å². The van der Waals surface area contributed by atoms with Crippen LogP contribution >= 0.6 is 23.4 Å². The van der Waals surface area contributed by atoms with Gasteiger partial charge in [-0.2, -0.15) is 0 Å². The molecule has 22 heavy (non-hydrogen) atoms. The minimum atomic E-state index is -0.180. The zero-order valence-corrected chi connectivity index (χ0v) is 14.2. The van der Waals surface area contributed by atoms with Crippen molar-refractivity contribution in [1.29, 1.82) is 0 Å². The summed E-state index contributed by atoms with van der Waals surface area (Å²) in [6.45, 7) is 3.89. The maximum Gasteiger partial charge on any atom is 0.237 e. The smallest absolute Gasteiger partial charge is 0.237 e. The second-order valence-corrected chi connectivity index (χ2v) is 6.67. The van der Waals surface area contributed by atoms with E-state index in [9.17, 15) is 4.79 Å². The number of nitrogen functional groups attached to an aromatic ring is 1. The molecule has 3 N–H and O–H groups in total. The molecule has 0 aromatic heterocycles. The number of nitrogens with one attached hydrogen (secondary N) is 1. The Morgan fingerprint density at radius 2 is 2.05 bits per heavy atom. The zero-order chi connectivity index (χ0) is 16.1. The topological polar surface area (TPSA) is 55.1 Å². The standard InChI is InChI=1S/C17H19ClN2OS/c1-3-16(22-13-7-4-6-12(19)10-13)17(21)20-15-9-5-8-14(18)11(15)2/h4-10,16H,3,19H2,1-2H3,(H,20,21). The van der Waals surface area contributed by atoms with Gasteiger partial charge in [-0.15, -0.1) is 11.8 Å². The van der Waals surface area contributed by atoms with E-state index in [-0.39, 0.29) is 11.2 Å². The molecule has 116 valence electrons. The number of thioether (sulfide) groups is 1. The van der Waals surface area contributed by atoms with Crippen LogP contribution in [0.15, 0.2) is 47.4 Å². The fraction of sp³-hybridized carbons (Fsp3) is 0.235. The molecule has 2 aromatic rings. The number of carbonyl (C=O) groups excluding carboxylic acids is 1. The van der Waals surface area contributed by atoms with E-state index in [0.717, 1.165) is 22.6 Å². The van der Waals surface area contributed by atoms with Crippen LogP contribution in [0.1, 0.15) is 18.9 Å². The van der Waals surface area contributed by atoms with Gasteiger partial charge in [-0.1, -0.05) is 30.7 Å². The van der Waals surface area contributed by atoms with Gasteiger partial charge in [0.15, 0.2) is 0 Å². The molecule has 0 bridgehead atoms. The molecule has 0 radical (unpaired) electrons. The Kier molecular flexibility index (Phi) is 5.75. The Bertz CT molecular complexity index is 675. The van der Waals surface area contributed by atoms with Crippen molar-refractivity contribution in [2.75, 3.05) is 11.1 Å². The number of rotatable bonds is 5. The molecule has 0 aliphatic carbocycles. The fourth-order valence-corrected chi connectivity index (χ4v) is 3.23. The van der Waals surface area contributed by atoms with E-state index in [2.05, 4.69) is 5.32 Å². The molecule has 0 saturated carbocycles. The molecule has 0 aliphatic rings. The number of hydrogen-bond acceptors (Lipinski definition) is 3. The number of carbonyl (C=O) groups is 1. The van der Waals surface area contributed by atoms with Crippen molar-refractivity contribution in [2.45, 2.75) is 30.4 Å². The first-order valence-electron chi connectivity index (χ1n) is 7.09. The second-order valence-electron chi connectivity index (χ2n) is 4.99. The van der Waals surface area contributed by atoms with Crippen molar-refractivity contribution >= 4 is 40.6 Å². The van der Waals surface area contributed by atoms with Gasteiger partial charge >= 0.3 is 0 Å². The zero-order valence-electron chi connectivity index (χ0n) is 12.6. The summed E-state index contributed by atoms with van der Waals surface area (Å²) in [6.07, 6.45) is 0.727. The average Bonchev–Trinajstić information content (AvgIpc) is 2.49. The van der Waals surface area contributed by atoms with Crippen LogP contribution < -0.4 is 11.1 Å². The van der Waals surface area contributed by atoms with E-state index in [1.165, 1.54) is 11.8 Å². The molecule has 0 fully saturated rings. The fourth-order valence-electron chi connectivity index (χ4n) is 2.03. The molecule has 1 amide bonds. The highest BCUT2D eigenvalue weighted by molar-refractivity contribution is 8.00. The van der Waals surface area contributed by atoms with Crippen LogP contribution in [0.25, 0.3) is 0 Å². The Hall–Kier alpha value is -1.65. The van der Waals surface area contributed by atoms with Gasteiger partial charge in [0.2, 0.25) is 5.91 Å². The summed E-state index contributed by atoms with van der Waals surface area (Å²) in [7, 11) is 0. The summed E-state index contributed by atoms with van der Waals surface area (Å²) in [4.78, 5) is 13.5. The number of halogens is 1. The normalized spacial score (nSPS) is 12.0. The summed E-state index contributed by atoms with van der Waals surface area (Å²) in [5.74, 6) is -0.0275. The van der Waals surface area contributed by atoms with E-state index in [1.807, 2.05) is 56.3 Å². The lowest BCUT2D eigenvalue weighted by molar-refractivity contribution is -0.115. The first-order valence-corrected chi connectivity index (χ1v) is 8.35. The Labute approximate surface area is 140 Å². The van der Waals surface area contributed by atoms with Gasteiger partial charge < -0.3 is 11.1 Å². The van der Waals surface area contributed by atoms with Gasteiger partial charge in [0.25, 0.3) is 0 Å². The molecule has 0 saturated heterocycles. The minimum absolute atomic E-state index is 0.0275. The van der Waals surface area contributed by atoms with Gasteiger partial charge in [0, 0.05) is 21.3 Å². The van der Waals surface area contributed by atoms with Crippen molar-refractivity contribution in [3.63, 3.8) is 0 Å². The number of anilines is 2. The number of hydrogen-bond donors (Lipinski definition) is 2. The highest BCUT2D eigenvalue weighted by atomic mass is 35.5. The third-order valence-electron chi connectivity index (χ3n) is 3.33. The molecule has 5 heteroatoms. The highest BCUT2D eigenvalue weighted by Gasteiger charge is 2.19. The van der Waals surface area contributed by atoms with Crippen molar-refractivity contribution in [1.82, 2.24) is 0 Å². The van der Waals surface area contributed by atoms with Crippen molar-refractivity contribution in [2.24, 2.45) is 0 Å². The lowest BCUT2D eigenvalue weighted by Gasteiger charge is -2.16. The van der Waals surface area contributed by atoms with Crippen molar-refractivity contribution < 1.29 is 4.79 Å². The van der Waals surface area contributed by atoms with Crippen LogP contribution in [-0.2, 0) is 4.79 Å². The van der Waals surface area contributed by atoms with E-state index >= 15 is 0 Å². The average molecular weight is 335 g/mol. The maximum atomic E-state index is 12.5. The maximum absolute atomic E-state index is 12.5. The second kappa shape index (κ2) is 7.56. The Morgan fingerprint density at radius 1 is 1.32 bits per heavy atom. The van der Waals surface area contributed by atoms with Crippen LogP contribution in [0.5, 0.6) is 0 Å². The number of nitrogens with two attached hydrogens (primary N) is 1. The van der Waals surface area contributed by atoms with Gasteiger partial charge in [0.1, 0.15) is 0 Å².